The van der Waals surface area contributed by atoms with E-state index in [-0.39, 0.29) is 12.3 Å². The number of carbonyl (C=O) groups is 1. The summed E-state index contributed by atoms with van der Waals surface area (Å²) in [5.74, 6) is 0. The Morgan fingerprint density at radius 3 is 1.33 bits per heavy atom. The van der Waals surface area contributed by atoms with Crippen molar-refractivity contribution in [2.75, 3.05) is 0 Å². The van der Waals surface area contributed by atoms with Crippen LogP contribution in [-0.2, 0) is 0 Å². The molecule has 0 heterocycles. The molecule has 0 rings (SSSR count). The highest BCUT2D eigenvalue weighted by Gasteiger charge is 3.00. The molecule has 0 fully saturated rings. The first-order valence-electron chi connectivity index (χ1n) is 0.781. The van der Waals surface area contributed by atoms with Gasteiger partial charge in [0.1, 0.15) is 0 Å². The van der Waals surface area contributed by atoms with Crippen molar-refractivity contribution >= 4 is 6.03 Å². The summed E-state index contributed by atoms with van der Waals surface area (Å²) in [6.07, 6.45) is 0. The third-order valence-corrected chi connectivity index (χ3v) is 0. The molecule has 2 radical (unpaired) electrons. The normalized spacial score (nSPS) is 4.00. The van der Waals surface area contributed by atoms with Gasteiger partial charge in [-0.05, 0) is 0 Å². The molecule has 0 aromatic heterocycles. The van der Waals surface area contributed by atoms with Gasteiger partial charge in [-0.3, -0.25) is 0 Å². The Balaban J connectivity index is -0.0000000450. The van der Waals surface area contributed by atoms with E-state index in [0.29, 0.717) is 0 Å². The number of nitrogens with two attached hydrogens (primary N) is 2. The predicted octanol–water partition coefficient (Wildman–Crippen LogP) is -1.29. The average Bonchev–Trinajstić information content (AvgIpc) is 0.811. The standard InChI is InChI=1S/CH4N2O.H3N.N/c2-1(3)4;;/h(H4,2,3,4);1H3;/q;;+3. The van der Waals surface area contributed by atoms with E-state index in [1.807, 2.05) is 0 Å². The highest BCUT2D eigenvalue weighted by molar-refractivity contribution is 5.69. The van der Waals surface area contributed by atoms with Gasteiger partial charge in [-0.25, -0.2) is 4.79 Å². The summed E-state index contributed by atoms with van der Waals surface area (Å²) >= 11 is 0. The van der Waals surface area contributed by atoms with Crippen molar-refractivity contribution in [1.29, 1.82) is 0 Å². The molecule has 34 valence electrons. The second-order valence-corrected chi connectivity index (χ2v) is 0.402. The molecule has 2 amide bonds. The van der Waals surface area contributed by atoms with Gasteiger partial charge in [-0.1, -0.05) is 0 Å². The highest BCUT2D eigenvalue weighted by Crippen LogP contribution is 1.25. The van der Waals surface area contributed by atoms with Crippen molar-refractivity contribution in [3.8, 4) is 0 Å². The van der Waals surface area contributed by atoms with Gasteiger partial charge in [0.15, 0.2) is 0 Å². The molecule has 0 unspecified atom stereocenters. The van der Waals surface area contributed by atoms with Crippen molar-refractivity contribution < 1.29 is 4.79 Å². The van der Waals surface area contributed by atoms with Gasteiger partial charge in [0, 0.05) is 0 Å². The average molecular weight is 91.1 g/mol. The van der Waals surface area contributed by atoms with Gasteiger partial charge in [-0.15, -0.1) is 0 Å². The Kier molecular flexibility index (Phi) is 30.7. The van der Waals surface area contributed by atoms with Gasteiger partial charge >= 0.3 is 12.2 Å². The Hall–Kier alpha value is -1.06. The van der Waals surface area contributed by atoms with Crippen LogP contribution in [0.3, 0.4) is 0 Å². The van der Waals surface area contributed by atoms with Crippen molar-refractivity contribution in [3.63, 3.8) is 0 Å². The second kappa shape index (κ2) is 9.05. The quantitative estimate of drug-likeness (QED) is 0.341. The molecule has 0 aliphatic rings. The fourth-order valence-corrected chi connectivity index (χ4v) is 0. The zero-order valence-electron chi connectivity index (χ0n) is 3.22. The second-order valence-electron chi connectivity index (χ2n) is 0.402. The van der Waals surface area contributed by atoms with Crippen LogP contribution in [0, 0.1) is 0 Å². The summed E-state index contributed by atoms with van der Waals surface area (Å²) in [6.45, 7) is 0. The van der Waals surface area contributed by atoms with E-state index in [2.05, 4.69) is 11.5 Å². The Morgan fingerprint density at radius 2 is 1.33 bits per heavy atom. The van der Waals surface area contributed by atoms with Gasteiger partial charge in [0.25, 0.3) is 0 Å². The van der Waals surface area contributed by atoms with Gasteiger partial charge in [-0.2, -0.15) is 0 Å². The van der Waals surface area contributed by atoms with Crippen LogP contribution in [-0.4, -0.2) is 6.03 Å². The SMILES string of the molecule is N.NC(N)=O.[N+3]. The summed E-state index contributed by atoms with van der Waals surface area (Å²) < 4.78 is 0. The fourth-order valence-electron chi connectivity index (χ4n) is 0. The van der Waals surface area contributed by atoms with Crippen molar-refractivity contribution in [2.24, 2.45) is 11.5 Å². The number of rotatable bonds is 0. The maximum Gasteiger partial charge on any atom is 3.00 e. The van der Waals surface area contributed by atoms with E-state index >= 15 is 0 Å². The van der Waals surface area contributed by atoms with Crippen LogP contribution in [0.1, 0.15) is 0 Å². The van der Waals surface area contributed by atoms with Crippen molar-refractivity contribution in [1.82, 2.24) is 12.3 Å². The monoisotopic (exact) mass is 91.1 g/mol. The molecule has 0 saturated carbocycles. The maximum atomic E-state index is 9.00. The molecular weight excluding hydrogens is 84.0 g/mol. The Bertz CT molecular complexity index is 30.5. The molecule has 0 aromatic carbocycles. The summed E-state index contributed by atoms with van der Waals surface area (Å²) in [5, 5.41) is 0. The Labute approximate surface area is 35.9 Å². The Morgan fingerprint density at radius 1 is 1.33 bits per heavy atom. The zero-order valence-corrected chi connectivity index (χ0v) is 3.22. The molecule has 0 spiro atoms. The summed E-state index contributed by atoms with van der Waals surface area (Å²) in [7, 11) is 0. The van der Waals surface area contributed by atoms with Crippen LogP contribution >= 0.6 is 0 Å². The summed E-state index contributed by atoms with van der Waals surface area (Å²) in [5.41, 5.74) is 8.50. The van der Waals surface area contributed by atoms with Crippen LogP contribution in [0.4, 0.5) is 4.79 Å². The lowest BCUT2D eigenvalue weighted by Gasteiger charge is -1.62. The van der Waals surface area contributed by atoms with Crippen LogP contribution in [0.15, 0.2) is 0 Å². The topological polar surface area (TPSA) is 135 Å². The molecule has 5 heteroatoms. The molecule has 0 saturated heterocycles. The third-order valence-electron chi connectivity index (χ3n) is 0. The van der Waals surface area contributed by atoms with Crippen molar-refractivity contribution in [3.05, 3.63) is 0 Å². The number of hydrogen-bond acceptors (Lipinski definition) is 2. The first kappa shape index (κ1) is 20.4. The van der Waals surface area contributed by atoms with E-state index in [4.69, 9.17) is 4.79 Å². The van der Waals surface area contributed by atoms with Crippen LogP contribution in [0.2, 0.25) is 0 Å². The lowest BCUT2D eigenvalue weighted by molar-refractivity contribution is 0.256. The largest absolute Gasteiger partial charge is 3.00 e. The number of amides is 2. The smallest absolute Gasteiger partial charge is 0.352 e. The molecule has 0 aliphatic heterocycles. The molecule has 6 heavy (non-hydrogen) atoms. The molecule has 7 N–H and O–H groups in total. The van der Waals surface area contributed by atoms with E-state index in [1.165, 1.54) is 0 Å². The lowest BCUT2D eigenvalue weighted by Crippen LogP contribution is -2.18. The lowest BCUT2D eigenvalue weighted by atomic mass is 11.2. The molecular formula is CH7N4O+3. The predicted molar refractivity (Wildman–Crippen MR) is 20.9 cm³/mol. The zero-order chi connectivity index (χ0) is 3.58. The number of carbonyl (C=O) groups excluding carboxylic acids is 1. The fraction of sp³-hybridized carbons (Fsp3) is 0. The van der Waals surface area contributed by atoms with Gasteiger partial charge < -0.3 is 17.6 Å². The van der Waals surface area contributed by atoms with E-state index in [1.54, 1.807) is 0 Å². The highest BCUT2D eigenvalue weighted by atomic mass is 16.2. The van der Waals surface area contributed by atoms with E-state index in [9.17, 15) is 0 Å². The summed E-state index contributed by atoms with van der Waals surface area (Å²) in [4.78, 5) is 9.00. The van der Waals surface area contributed by atoms with Crippen LogP contribution < -0.4 is 23.8 Å². The molecule has 0 bridgehead atoms. The van der Waals surface area contributed by atoms with Crippen LogP contribution in [0.25, 0.3) is 0 Å². The number of primary amides is 2. The first-order valence-corrected chi connectivity index (χ1v) is 0.781. The molecule has 0 aromatic rings. The molecule has 5 nitrogen and oxygen atoms in total. The molecule has 0 aliphatic carbocycles. The number of urea groups is 1. The first-order chi connectivity index (χ1) is 1.73. The van der Waals surface area contributed by atoms with Gasteiger partial charge in [0.2, 0.25) is 0 Å². The minimum atomic E-state index is -0.833. The molecule has 0 atom stereocenters. The number of nitrogens with zero attached hydrogens (tertiary/aromatic N) is 1. The van der Waals surface area contributed by atoms with Gasteiger partial charge in [0.05, 0.1) is 0 Å². The number of hydrogen-bond donors (Lipinski definition) is 3. The maximum absolute atomic E-state index is 9.00. The van der Waals surface area contributed by atoms with Crippen LogP contribution in [0.5, 0.6) is 0 Å². The van der Waals surface area contributed by atoms with Crippen molar-refractivity contribution in [2.45, 2.75) is 0 Å². The minimum Gasteiger partial charge on any atom is -0.352 e. The third kappa shape index (κ3) is 9.85. The minimum absolute atomic E-state index is 0. The summed E-state index contributed by atoms with van der Waals surface area (Å²) in [6, 6.07) is -0.833. The van der Waals surface area contributed by atoms with E-state index < -0.39 is 6.03 Å². The van der Waals surface area contributed by atoms with E-state index in [0.717, 1.165) is 0 Å².